The van der Waals surface area contributed by atoms with Crippen LogP contribution in [0.1, 0.15) is 67.6 Å². The van der Waals surface area contributed by atoms with E-state index in [1.54, 1.807) is 32.2 Å². The average molecular weight is 525 g/mol. The average Bonchev–Trinajstić information content (AvgIpc) is 2.90. The summed E-state index contributed by atoms with van der Waals surface area (Å²) in [6.07, 6.45) is 3.11. The van der Waals surface area contributed by atoms with Gasteiger partial charge in [-0.2, -0.15) is 9.97 Å². The molecule has 202 valence electrons. The monoisotopic (exact) mass is 524 g/mol. The van der Waals surface area contributed by atoms with E-state index < -0.39 is 23.9 Å². The Bertz CT molecular complexity index is 1280. The molecule has 0 bridgehead atoms. The van der Waals surface area contributed by atoms with Crippen LogP contribution in [0.25, 0.3) is 11.2 Å². The molecule has 1 aromatic carbocycles. The highest BCUT2D eigenvalue weighted by molar-refractivity contribution is 5.97. The molecule has 0 aliphatic heterocycles. The minimum absolute atomic E-state index is 0.0163. The van der Waals surface area contributed by atoms with E-state index >= 15 is 0 Å². The molecule has 12 heteroatoms. The van der Waals surface area contributed by atoms with E-state index in [2.05, 4.69) is 32.2 Å². The van der Waals surface area contributed by atoms with Crippen molar-refractivity contribution in [3.05, 3.63) is 47.3 Å². The van der Waals surface area contributed by atoms with Gasteiger partial charge in [-0.1, -0.05) is 19.1 Å². The lowest BCUT2D eigenvalue weighted by molar-refractivity contribution is -0.146. The third kappa shape index (κ3) is 7.34. The fourth-order valence-electron chi connectivity index (χ4n) is 3.97. The number of fused-ring (bicyclic) bond motifs is 1. The lowest BCUT2D eigenvalue weighted by Crippen LogP contribution is -2.42. The minimum atomic E-state index is -0.965. The van der Waals surface area contributed by atoms with E-state index in [0.29, 0.717) is 23.1 Å². The normalized spacial score (nSPS) is 12.5. The number of anilines is 2. The molecule has 5 N–H and O–H groups in total. The van der Waals surface area contributed by atoms with E-state index in [4.69, 9.17) is 20.9 Å². The molecule has 1 unspecified atom stereocenters. The second kappa shape index (κ2) is 13.3. The van der Waals surface area contributed by atoms with Crippen molar-refractivity contribution in [2.75, 3.05) is 24.7 Å². The molecule has 0 saturated heterocycles. The van der Waals surface area contributed by atoms with Crippen LogP contribution in [0.15, 0.2) is 30.5 Å². The summed E-state index contributed by atoms with van der Waals surface area (Å²) >= 11 is 0. The number of rotatable bonds is 12. The highest BCUT2D eigenvalue weighted by Crippen LogP contribution is 2.25. The molecule has 0 spiro atoms. The number of amides is 1. The quantitative estimate of drug-likeness (QED) is 0.233. The molecular formula is C26H33N7O5. The Balaban J connectivity index is 1.70. The highest BCUT2D eigenvalue weighted by Gasteiger charge is 2.24. The van der Waals surface area contributed by atoms with Crippen molar-refractivity contribution in [2.24, 2.45) is 0 Å². The standard InChI is InChI=1S/C26H33N7O5/c1-4-15(13-18-14-29-23-21(30-18)22(27)32-26(28)33-23)16-7-9-17(10-8-16)24(35)31-19(25(36)38-6-3)11-12-20(34)37-5-2/h7-10,14-15,19H,4-6,11-13H2,1-3H3,(H,31,35)(H4,27,28,29,32,33)/t15?,19-/m0/s1/i19+1. The van der Waals surface area contributed by atoms with Crippen LogP contribution in [0.5, 0.6) is 0 Å². The van der Waals surface area contributed by atoms with E-state index in [9.17, 15) is 14.4 Å². The number of carbonyl (C=O) groups excluding carboxylic acids is 3. The van der Waals surface area contributed by atoms with Gasteiger partial charge in [-0.05, 0) is 56.7 Å². The van der Waals surface area contributed by atoms with Gasteiger partial charge in [-0.3, -0.25) is 9.59 Å². The number of nitrogens with one attached hydrogen (secondary N) is 1. The maximum absolute atomic E-state index is 12.9. The van der Waals surface area contributed by atoms with Gasteiger partial charge >= 0.3 is 11.9 Å². The number of hydrogen-bond acceptors (Lipinski definition) is 11. The summed E-state index contributed by atoms with van der Waals surface area (Å²) in [4.78, 5) is 53.8. The third-order valence-corrected chi connectivity index (χ3v) is 5.91. The van der Waals surface area contributed by atoms with Crippen molar-refractivity contribution in [3.63, 3.8) is 0 Å². The Morgan fingerprint density at radius 1 is 0.974 bits per heavy atom. The summed E-state index contributed by atoms with van der Waals surface area (Å²) in [5.41, 5.74) is 14.4. The number of ether oxygens (including phenoxy) is 2. The Labute approximate surface area is 220 Å². The molecule has 2 heterocycles. The van der Waals surface area contributed by atoms with Crippen LogP contribution in [0, 0.1) is 0 Å². The zero-order valence-corrected chi connectivity index (χ0v) is 21.8. The van der Waals surface area contributed by atoms with Crippen LogP contribution < -0.4 is 16.8 Å². The molecule has 0 aliphatic carbocycles. The second-order valence-corrected chi connectivity index (χ2v) is 8.55. The van der Waals surface area contributed by atoms with Gasteiger partial charge in [0, 0.05) is 12.0 Å². The van der Waals surface area contributed by atoms with Gasteiger partial charge in [0.15, 0.2) is 17.0 Å². The van der Waals surface area contributed by atoms with E-state index in [0.717, 1.165) is 17.7 Å². The number of nitrogen functional groups attached to an aromatic ring is 2. The van der Waals surface area contributed by atoms with Gasteiger partial charge in [0.25, 0.3) is 5.91 Å². The molecule has 1 amide bonds. The second-order valence-electron chi connectivity index (χ2n) is 8.55. The first-order valence-electron chi connectivity index (χ1n) is 12.5. The third-order valence-electron chi connectivity index (χ3n) is 5.91. The molecule has 0 radical (unpaired) electrons. The summed E-state index contributed by atoms with van der Waals surface area (Å²) in [6, 6.07) is 6.16. The summed E-state index contributed by atoms with van der Waals surface area (Å²) < 4.78 is 9.97. The Morgan fingerprint density at radius 3 is 2.34 bits per heavy atom. The first-order valence-corrected chi connectivity index (χ1v) is 12.5. The molecule has 2 atom stereocenters. The van der Waals surface area contributed by atoms with Crippen molar-refractivity contribution in [1.29, 1.82) is 0 Å². The zero-order valence-electron chi connectivity index (χ0n) is 21.8. The lowest BCUT2D eigenvalue weighted by Gasteiger charge is -2.18. The predicted molar refractivity (Wildman–Crippen MR) is 141 cm³/mol. The van der Waals surface area contributed by atoms with E-state index in [1.165, 1.54) is 0 Å². The molecule has 0 saturated carbocycles. The zero-order chi connectivity index (χ0) is 27.7. The van der Waals surface area contributed by atoms with Gasteiger partial charge in [-0.15, -0.1) is 0 Å². The van der Waals surface area contributed by atoms with Gasteiger partial charge in [0.2, 0.25) is 5.95 Å². The topological polar surface area (TPSA) is 185 Å². The van der Waals surface area contributed by atoms with Crippen LogP contribution in [0.3, 0.4) is 0 Å². The molecule has 3 rings (SSSR count). The summed E-state index contributed by atoms with van der Waals surface area (Å²) in [7, 11) is 0. The molecule has 2 aromatic heterocycles. The van der Waals surface area contributed by atoms with Crippen molar-refractivity contribution in [2.45, 2.75) is 58.4 Å². The minimum Gasteiger partial charge on any atom is -0.466 e. The van der Waals surface area contributed by atoms with Gasteiger partial charge < -0.3 is 26.3 Å². The van der Waals surface area contributed by atoms with Crippen LogP contribution >= 0.6 is 0 Å². The number of hydrogen-bond donors (Lipinski definition) is 3. The van der Waals surface area contributed by atoms with Crippen LogP contribution in [-0.2, 0) is 25.5 Å². The Morgan fingerprint density at radius 2 is 1.68 bits per heavy atom. The molecule has 0 fully saturated rings. The Kier molecular flexibility index (Phi) is 9.85. The lowest BCUT2D eigenvalue weighted by atomic mass is 9.91. The SMILES string of the molecule is CCOC(=O)CC[13C@H](NC(=O)c1ccc(C(CC)Cc2cnc3nc(N)nc(N)c3n2)cc1)C(=O)OCC. The number of benzene rings is 1. The highest BCUT2D eigenvalue weighted by atomic mass is 16.5. The van der Waals surface area contributed by atoms with Crippen molar-refractivity contribution >= 4 is 40.8 Å². The van der Waals surface area contributed by atoms with Crippen molar-refractivity contribution < 1.29 is 23.9 Å². The first kappa shape index (κ1) is 28.2. The molecule has 38 heavy (non-hydrogen) atoms. The van der Waals surface area contributed by atoms with Crippen LogP contribution in [0.2, 0.25) is 0 Å². The van der Waals surface area contributed by atoms with Crippen LogP contribution in [-0.4, -0.2) is 57.0 Å². The molecule has 12 nitrogen and oxygen atoms in total. The molecule has 3 aromatic rings. The summed E-state index contributed by atoms with van der Waals surface area (Å²) in [5.74, 6) is -1.17. The first-order chi connectivity index (χ1) is 18.2. The largest absolute Gasteiger partial charge is 0.466 e. The number of nitrogens with zero attached hydrogens (tertiary/aromatic N) is 4. The van der Waals surface area contributed by atoms with Gasteiger partial charge in [-0.25, -0.2) is 14.8 Å². The number of aromatic nitrogens is 4. The summed E-state index contributed by atoms with van der Waals surface area (Å²) in [5, 5.41) is 2.67. The maximum Gasteiger partial charge on any atom is 0.328 e. The summed E-state index contributed by atoms with van der Waals surface area (Å²) in [6.45, 7) is 5.84. The van der Waals surface area contributed by atoms with Gasteiger partial charge in [0.1, 0.15) is 6.04 Å². The molecular weight excluding hydrogens is 491 g/mol. The Hall–Kier alpha value is -4.35. The van der Waals surface area contributed by atoms with Crippen molar-refractivity contribution in [3.8, 4) is 0 Å². The van der Waals surface area contributed by atoms with Gasteiger partial charge in [0.05, 0.1) is 25.1 Å². The molecule has 0 aliphatic rings. The van der Waals surface area contributed by atoms with E-state index in [-0.39, 0.29) is 43.7 Å². The maximum atomic E-state index is 12.9. The van der Waals surface area contributed by atoms with E-state index in [1.807, 2.05) is 12.1 Å². The smallest absolute Gasteiger partial charge is 0.328 e. The van der Waals surface area contributed by atoms with Crippen LogP contribution in [0.4, 0.5) is 11.8 Å². The number of nitrogens with two attached hydrogens (primary N) is 2. The number of carbonyl (C=O) groups is 3. The predicted octanol–water partition coefficient (Wildman–Crippen LogP) is 2.33. The fraction of sp³-hybridized carbons (Fsp3) is 0.423. The van der Waals surface area contributed by atoms with Crippen molar-refractivity contribution in [1.82, 2.24) is 25.3 Å². The number of esters is 2. The fourth-order valence-corrected chi connectivity index (χ4v) is 3.97.